The monoisotopic (exact) mass is 651 g/mol. The van der Waals surface area contributed by atoms with Crippen LogP contribution >= 0.6 is 0 Å². The number of aliphatic hydroxyl groups excluding tert-OH is 1. The van der Waals surface area contributed by atoms with Crippen LogP contribution in [0.2, 0.25) is 0 Å². The SMILES string of the molecule is COCCn1ccc(C(=O)N2C3CC2CN(c2ccc(-c4cc(OCCCN5[C@@H]6CC[C@H]5C[C@@H](O)C6)cn5ncc(C#N)c45)cn2)C3)n1. The van der Waals surface area contributed by atoms with Crippen LogP contribution in [-0.2, 0) is 11.3 Å². The average Bonchev–Trinajstić information content (AvgIpc) is 3.81. The minimum Gasteiger partial charge on any atom is -0.492 e. The van der Waals surface area contributed by atoms with E-state index in [0.29, 0.717) is 61.9 Å². The molecule has 48 heavy (non-hydrogen) atoms. The summed E-state index contributed by atoms with van der Waals surface area (Å²) < 4.78 is 14.8. The van der Waals surface area contributed by atoms with E-state index in [1.54, 1.807) is 28.6 Å². The second-order valence-corrected chi connectivity index (χ2v) is 13.5. The van der Waals surface area contributed by atoms with Crippen LogP contribution in [0.15, 0.2) is 49.1 Å². The quantitative estimate of drug-likeness (QED) is 0.241. The van der Waals surface area contributed by atoms with Gasteiger partial charge in [0.05, 0.1) is 61.4 Å². The molecule has 0 aromatic carbocycles. The number of nitrogens with zero attached hydrogens (tertiary/aromatic N) is 9. The number of aliphatic hydroxyl groups is 1. The van der Waals surface area contributed by atoms with Crippen molar-refractivity contribution in [3.63, 3.8) is 0 Å². The first-order chi connectivity index (χ1) is 23.5. The summed E-state index contributed by atoms with van der Waals surface area (Å²) in [5.74, 6) is 1.53. The number of carbonyl (C=O) groups is 1. The maximum atomic E-state index is 13.3. The maximum Gasteiger partial charge on any atom is 0.274 e. The molecule has 9 heterocycles. The zero-order valence-electron chi connectivity index (χ0n) is 27.2. The van der Waals surface area contributed by atoms with Crippen LogP contribution in [0.25, 0.3) is 16.6 Å². The molecule has 0 saturated carbocycles. The van der Waals surface area contributed by atoms with Crippen LogP contribution in [0.5, 0.6) is 5.75 Å². The number of pyridine rings is 2. The molecule has 5 aliphatic heterocycles. The highest BCUT2D eigenvalue weighted by molar-refractivity contribution is 5.93. The fraction of sp³-hybridized carbons (Fsp3) is 0.514. The summed E-state index contributed by atoms with van der Waals surface area (Å²) in [6.07, 6.45) is 12.9. The summed E-state index contributed by atoms with van der Waals surface area (Å²) in [6, 6.07) is 11.3. The van der Waals surface area contributed by atoms with Gasteiger partial charge in [-0.05, 0) is 62.8 Å². The molecule has 4 aromatic heterocycles. The molecule has 0 radical (unpaired) electrons. The average molecular weight is 652 g/mol. The third-order valence-electron chi connectivity index (χ3n) is 10.6. The van der Waals surface area contributed by atoms with E-state index in [9.17, 15) is 15.2 Å². The van der Waals surface area contributed by atoms with Gasteiger partial charge in [0.1, 0.15) is 23.3 Å². The molecule has 13 nitrogen and oxygen atoms in total. The number of methoxy groups -OCH3 is 1. The first kappa shape index (κ1) is 30.8. The van der Waals surface area contributed by atoms with E-state index in [1.807, 2.05) is 41.7 Å². The number of piperazine rings is 1. The van der Waals surface area contributed by atoms with Crippen LogP contribution in [0.3, 0.4) is 0 Å². The van der Waals surface area contributed by atoms with E-state index >= 15 is 0 Å². The molecule has 250 valence electrons. The number of fused-ring (bicyclic) bond motifs is 5. The highest BCUT2D eigenvalue weighted by Gasteiger charge is 2.48. The topological polar surface area (TPSA) is 137 Å². The number of ether oxygens (including phenoxy) is 2. The van der Waals surface area contributed by atoms with Crippen molar-refractivity contribution in [3.8, 4) is 22.9 Å². The largest absolute Gasteiger partial charge is 0.492 e. The number of aromatic nitrogens is 5. The number of carbonyl (C=O) groups excluding carboxylic acids is 1. The molecule has 5 fully saturated rings. The van der Waals surface area contributed by atoms with Gasteiger partial charge in [0.25, 0.3) is 5.91 Å². The normalized spacial score (nSPS) is 24.9. The predicted octanol–water partition coefficient (Wildman–Crippen LogP) is 2.97. The molecule has 0 aliphatic carbocycles. The third kappa shape index (κ3) is 5.67. The van der Waals surface area contributed by atoms with Crippen molar-refractivity contribution < 1.29 is 19.4 Å². The first-order valence-corrected chi connectivity index (χ1v) is 17.0. The van der Waals surface area contributed by atoms with E-state index in [2.05, 4.69) is 26.1 Å². The molecule has 4 bridgehead atoms. The Balaban J connectivity index is 0.931. The summed E-state index contributed by atoms with van der Waals surface area (Å²) in [5, 5.41) is 28.8. The van der Waals surface area contributed by atoms with E-state index < -0.39 is 0 Å². The van der Waals surface area contributed by atoms with Gasteiger partial charge in [0.15, 0.2) is 0 Å². The van der Waals surface area contributed by atoms with Crippen molar-refractivity contribution in [3.05, 3.63) is 60.3 Å². The molecule has 0 spiro atoms. The van der Waals surface area contributed by atoms with Gasteiger partial charge in [-0.3, -0.25) is 14.4 Å². The lowest BCUT2D eigenvalue weighted by Crippen LogP contribution is -2.70. The second-order valence-electron chi connectivity index (χ2n) is 13.5. The van der Waals surface area contributed by atoms with Gasteiger partial charge >= 0.3 is 0 Å². The Morgan fingerprint density at radius 1 is 1.04 bits per heavy atom. The van der Waals surface area contributed by atoms with Crippen molar-refractivity contribution in [2.75, 3.05) is 44.9 Å². The van der Waals surface area contributed by atoms with E-state index in [4.69, 9.17) is 14.5 Å². The fourth-order valence-corrected chi connectivity index (χ4v) is 8.30. The van der Waals surface area contributed by atoms with Crippen molar-refractivity contribution >= 4 is 17.2 Å². The van der Waals surface area contributed by atoms with Gasteiger partial charge in [-0.1, -0.05) is 0 Å². The van der Waals surface area contributed by atoms with Gasteiger partial charge < -0.3 is 24.4 Å². The first-order valence-electron chi connectivity index (χ1n) is 17.0. The van der Waals surface area contributed by atoms with E-state index in [1.165, 1.54) is 12.8 Å². The summed E-state index contributed by atoms with van der Waals surface area (Å²) in [4.78, 5) is 24.9. The van der Waals surface area contributed by atoms with E-state index in [-0.39, 0.29) is 24.1 Å². The number of hydrogen-bond donors (Lipinski definition) is 1. The van der Waals surface area contributed by atoms with Crippen molar-refractivity contribution in [2.45, 2.75) is 75.3 Å². The molecule has 2 unspecified atom stereocenters. The fourth-order valence-electron chi connectivity index (χ4n) is 8.30. The molecule has 5 atom stereocenters. The smallest absolute Gasteiger partial charge is 0.274 e. The third-order valence-corrected chi connectivity index (χ3v) is 10.6. The van der Waals surface area contributed by atoms with Gasteiger partial charge in [0.2, 0.25) is 0 Å². The predicted molar refractivity (Wildman–Crippen MR) is 177 cm³/mol. The minimum absolute atomic E-state index is 0.0194. The van der Waals surface area contributed by atoms with Crippen LogP contribution in [0, 0.1) is 11.3 Å². The Hall–Kier alpha value is -4.51. The van der Waals surface area contributed by atoms with Crippen molar-refractivity contribution in [1.82, 2.24) is 34.2 Å². The summed E-state index contributed by atoms with van der Waals surface area (Å²) in [6.45, 7) is 4.12. The second kappa shape index (κ2) is 12.8. The Morgan fingerprint density at radius 2 is 1.85 bits per heavy atom. The summed E-state index contributed by atoms with van der Waals surface area (Å²) in [7, 11) is 1.65. The maximum absolute atomic E-state index is 13.3. The molecule has 13 heteroatoms. The standard InChI is InChI=1S/C35H41N9O4/c1-47-12-10-41-9-7-32(39-41)35(46)44-27-13-28(44)21-40(20-27)33-6-3-23(18-37-33)31-16-30(22-43-34(31)24(17-36)19-38-43)48-11-2-8-42-25-4-5-26(42)15-29(45)14-25/h3,6-7,9,16,18-19,22,25-29,45H,2,4-5,8,10-15,20-21H2,1H3/t25-,26+,27?,28?,29+. The van der Waals surface area contributed by atoms with Crippen molar-refractivity contribution in [1.29, 1.82) is 5.26 Å². The number of amides is 1. The van der Waals surface area contributed by atoms with Crippen LogP contribution in [-0.4, -0.2) is 115 Å². The minimum atomic E-state index is -0.156. The molecule has 5 aliphatic rings. The lowest BCUT2D eigenvalue weighted by atomic mass is 9.87. The molecule has 4 aromatic rings. The van der Waals surface area contributed by atoms with E-state index in [0.717, 1.165) is 54.7 Å². The zero-order chi connectivity index (χ0) is 32.8. The number of piperidine rings is 2. The van der Waals surface area contributed by atoms with Crippen LogP contribution in [0.1, 0.15) is 54.6 Å². The van der Waals surface area contributed by atoms with Gasteiger partial charge in [-0.25, -0.2) is 9.50 Å². The van der Waals surface area contributed by atoms with Gasteiger partial charge in [-0.2, -0.15) is 15.5 Å². The lowest BCUT2D eigenvalue weighted by molar-refractivity contribution is 0.00514. The number of nitriles is 1. The molecule has 1 N–H and O–H groups in total. The number of hydrogen-bond acceptors (Lipinski definition) is 10. The van der Waals surface area contributed by atoms with Gasteiger partial charge in [-0.15, -0.1) is 0 Å². The molecular formula is C35H41N9O4. The highest BCUT2D eigenvalue weighted by atomic mass is 16.5. The number of anilines is 1. The Kier molecular flexibility index (Phi) is 8.24. The molecule has 1 amide bonds. The number of rotatable bonds is 11. The Bertz CT molecular complexity index is 1810. The highest BCUT2D eigenvalue weighted by Crippen LogP contribution is 2.37. The van der Waals surface area contributed by atoms with Gasteiger partial charge in [0, 0.05) is 62.3 Å². The Morgan fingerprint density at radius 3 is 2.58 bits per heavy atom. The van der Waals surface area contributed by atoms with Crippen molar-refractivity contribution in [2.24, 2.45) is 0 Å². The zero-order valence-corrected chi connectivity index (χ0v) is 27.2. The Labute approximate surface area is 279 Å². The molecule has 5 saturated heterocycles. The summed E-state index contributed by atoms with van der Waals surface area (Å²) >= 11 is 0. The molecule has 9 rings (SSSR count). The lowest BCUT2D eigenvalue weighted by Gasteiger charge is -2.56. The van der Waals surface area contributed by atoms with Crippen LogP contribution < -0.4 is 9.64 Å². The molecular weight excluding hydrogens is 610 g/mol. The van der Waals surface area contributed by atoms with Crippen LogP contribution in [0.4, 0.5) is 5.82 Å². The summed E-state index contributed by atoms with van der Waals surface area (Å²) in [5.41, 5.74) is 3.40.